The average Bonchev–Trinajstić information content (AvgIpc) is 2.93. The van der Waals surface area contributed by atoms with Gasteiger partial charge in [0, 0.05) is 38.8 Å². The van der Waals surface area contributed by atoms with Crippen LogP contribution in [0.3, 0.4) is 0 Å². The van der Waals surface area contributed by atoms with Gasteiger partial charge in [0.2, 0.25) is 15.9 Å². The highest BCUT2D eigenvalue weighted by Gasteiger charge is 2.33. The Bertz CT molecular complexity index is 1000. The van der Waals surface area contributed by atoms with Gasteiger partial charge >= 0.3 is 0 Å². The number of carbonyl (C=O) groups is 2. The number of rotatable bonds is 5. The molecule has 0 atom stereocenters. The first-order valence-electron chi connectivity index (χ1n) is 9.73. The molecule has 0 spiro atoms. The number of amides is 2. The molecule has 1 aliphatic heterocycles. The molecule has 0 aliphatic carbocycles. The van der Waals surface area contributed by atoms with Crippen LogP contribution in [0.5, 0.6) is 0 Å². The third-order valence-electron chi connectivity index (χ3n) is 5.11. The Morgan fingerprint density at radius 3 is 2.43 bits per heavy atom. The second-order valence-corrected chi connectivity index (χ2v) is 9.19. The van der Waals surface area contributed by atoms with Crippen molar-refractivity contribution >= 4 is 21.8 Å². The minimum atomic E-state index is -3.75. The number of sulfonamides is 1. The number of aromatic nitrogens is 1. The summed E-state index contributed by atoms with van der Waals surface area (Å²) in [5.41, 5.74) is 0.839. The molecule has 0 N–H and O–H groups in total. The molecular formula is C20H26N4O5S. The molecule has 30 heavy (non-hydrogen) atoms. The quantitative estimate of drug-likeness (QED) is 0.702. The van der Waals surface area contributed by atoms with Gasteiger partial charge in [0.25, 0.3) is 5.91 Å². The Kier molecular flexibility index (Phi) is 6.57. The molecule has 0 bridgehead atoms. The Hall–Kier alpha value is -2.72. The van der Waals surface area contributed by atoms with Crippen LogP contribution >= 0.6 is 0 Å². The highest BCUT2D eigenvalue weighted by Crippen LogP contribution is 2.24. The smallest absolute Gasteiger partial charge is 0.254 e. The van der Waals surface area contributed by atoms with E-state index in [-0.39, 0.29) is 42.1 Å². The molecule has 3 rings (SSSR count). The zero-order valence-electron chi connectivity index (χ0n) is 17.4. The lowest BCUT2D eigenvalue weighted by molar-refractivity contribution is -0.131. The summed E-state index contributed by atoms with van der Waals surface area (Å²) >= 11 is 0. The largest absolute Gasteiger partial charge is 0.360 e. The predicted octanol–water partition coefficient (Wildman–Crippen LogP) is 1.29. The minimum absolute atomic E-state index is 0.0651. The average molecular weight is 435 g/mol. The number of nitrogens with zero attached hydrogens (tertiary/aromatic N) is 4. The van der Waals surface area contributed by atoms with Crippen molar-refractivity contribution in [3.63, 3.8) is 0 Å². The second kappa shape index (κ2) is 8.97. The lowest BCUT2D eigenvalue weighted by Crippen LogP contribution is -2.43. The third kappa shape index (κ3) is 4.54. The number of benzene rings is 1. The summed E-state index contributed by atoms with van der Waals surface area (Å²) in [6.07, 6.45) is 0.505. The Labute approximate surface area is 176 Å². The molecular weight excluding hydrogens is 408 g/mol. The number of hydrogen-bond donors (Lipinski definition) is 0. The molecule has 1 aromatic heterocycles. The molecule has 9 nitrogen and oxygen atoms in total. The monoisotopic (exact) mass is 434 g/mol. The van der Waals surface area contributed by atoms with Gasteiger partial charge in [-0.25, -0.2) is 8.42 Å². The fourth-order valence-electron chi connectivity index (χ4n) is 3.53. The van der Waals surface area contributed by atoms with Crippen LogP contribution in [-0.4, -0.2) is 79.3 Å². The fraction of sp³-hybridized carbons (Fsp3) is 0.450. The Morgan fingerprint density at radius 2 is 1.80 bits per heavy atom. The lowest BCUT2D eigenvalue weighted by Gasteiger charge is -2.24. The molecule has 0 saturated carbocycles. The summed E-state index contributed by atoms with van der Waals surface area (Å²) in [6, 6.07) is 8.76. The minimum Gasteiger partial charge on any atom is -0.360 e. The lowest BCUT2D eigenvalue weighted by atomic mass is 10.2. The van der Waals surface area contributed by atoms with Crippen LogP contribution in [0, 0.1) is 13.8 Å². The molecule has 162 valence electrons. The van der Waals surface area contributed by atoms with Gasteiger partial charge in [-0.1, -0.05) is 23.4 Å². The van der Waals surface area contributed by atoms with Crippen molar-refractivity contribution in [3.05, 3.63) is 47.3 Å². The number of carbonyl (C=O) groups excluding carboxylic acids is 2. The highest BCUT2D eigenvalue weighted by molar-refractivity contribution is 7.89. The molecule has 1 aromatic carbocycles. The SMILES string of the molecule is Cc1noc(C)c1S(=O)(=O)N1CCCN(C(=O)CN(C)C(=O)c2ccccc2)CC1. The zero-order valence-corrected chi connectivity index (χ0v) is 18.2. The molecule has 1 aliphatic rings. The van der Waals surface area contributed by atoms with Gasteiger partial charge in [0.05, 0.1) is 6.54 Å². The molecule has 0 radical (unpaired) electrons. The van der Waals surface area contributed by atoms with Crippen LogP contribution in [0.2, 0.25) is 0 Å². The van der Waals surface area contributed by atoms with Crippen molar-refractivity contribution in [1.82, 2.24) is 19.3 Å². The van der Waals surface area contributed by atoms with E-state index in [9.17, 15) is 18.0 Å². The summed E-state index contributed by atoms with van der Waals surface area (Å²) in [5, 5.41) is 3.74. The molecule has 10 heteroatoms. The van der Waals surface area contributed by atoms with E-state index in [2.05, 4.69) is 5.16 Å². The standard InChI is InChI=1S/C20H26N4O5S/c1-15-19(16(2)29-21-15)30(27,28)24-11-7-10-23(12-13-24)18(25)14-22(3)20(26)17-8-5-4-6-9-17/h4-6,8-9H,7,10-14H2,1-3H3. The van der Waals surface area contributed by atoms with E-state index < -0.39 is 10.0 Å². The van der Waals surface area contributed by atoms with Crippen molar-refractivity contribution in [1.29, 1.82) is 0 Å². The summed E-state index contributed by atoms with van der Waals surface area (Å²) < 4.78 is 32.4. The number of aryl methyl sites for hydroxylation is 2. The van der Waals surface area contributed by atoms with Crippen LogP contribution in [0.1, 0.15) is 28.2 Å². The van der Waals surface area contributed by atoms with Gasteiger partial charge < -0.3 is 14.3 Å². The predicted molar refractivity (Wildman–Crippen MR) is 109 cm³/mol. The summed E-state index contributed by atoms with van der Waals surface area (Å²) in [5.74, 6) is -0.189. The van der Waals surface area contributed by atoms with Crippen LogP contribution in [-0.2, 0) is 14.8 Å². The van der Waals surface area contributed by atoms with E-state index >= 15 is 0 Å². The maximum atomic E-state index is 13.0. The van der Waals surface area contributed by atoms with Gasteiger partial charge in [0.1, 0.15) is 10.6 Å². The summed E-state index contributed by atoms with van der Waals surface area (Å²) in [4.78, 5) is 28.3. The number of likely N-dealkylation sites (N-methyl/N-ethyl adjacent to an activating group) is 1. The molecule has 1 saturated heterocycles. The summed E-state index contributed by atoms with van der Waals surface area (Å²) in [6.45, 7) is 4.26. The molecule has 0 unspecified atom stereocenters. The van der Waals surface area contributed by atoms with Gasteiger partial charge in [-0.3, -0.25) is 9.59 Å². The molecule has 2 heterocycles. The fourth-order valence-corrected chi connectivity index (χ4v) is 5.29. The van der Waals surface area contributed by atoms with E-state index in [0.29, 0.717) is 30.8 Å². The molecule has 2 amide bonds. The van der Waals surface area contributed by atoms with Crippen molar-refractivity contribution in [2.45, 2.75) is 25.2 Å². The van der Waals surface area contributed by atoms with Crippen LogP contribution < -0.4 is 0 Å². The van der Waals surface area contributed by atoms with E-state index in [0.717, 1.165) is 0 Å². The maximum Gasteiger partial charge on any atom is 0.254 e. The molecule has 2 aromatic rings. The van der Waals surface area contributed by atoms with E-state index in [1.165, 1.54) is 9.21 Å². The molecule has 1 fully saturated rings. The Morgan fingerprint density at radius 1 is 1.10 bits per heavy atom. The van der Waals surface area contributed by atoms with Crippen LogP contribution in [0.25, 0.3) is 0 Å². The van der Waals surface area contributed by atoms with Crippen molar-refractivity contribution in [2.75, 3.05) is 39.8 Å². The van der Waals surface area contributed by atoms with Crippen molar-refractivity contribution < 1.29 is 22.5 Å². The third-order valence-corrected chi connectivity index (χ3v) is 7.26. The first-order valence-corrected chi connectivity index (χ1v) is 11.2. The van der Waals surface area contributed by atoms with Gasteiger partial charge in [-0.05, 0) is 32.4 Å². The van der Waals surface area contributed by atoms with Gasteiger partial charge in [-0.2, -0.15) is 4.31 Å². The second-order valence-electron chi connectivity index (χ2n) is 7.32. The van der Waals surface area contributed by atoms with Crippen LogP contribution in [0.4, 0.5) is 0 Å². The topological polar surface area (TPSA) is 104 Å². The normalized spacial score (nSPS) is 15.6. The van der Waals surface area contributed by atoms with Crippen molar-refractivity contribution in [3.8, 4) is 0 Å². The van der Waals surface area contributed by atoms with Gasteiger partial charge in [0.15, 0.2) is 5.76 Å². The maximum absolute atomic E-state index is 13.0. The zero-order chi connectivity index (χ0) is 21.9. The Balaban J connectivity index is 1.63. The van der Waals surface area contributed by atoms with Crippen LogP contribution in [0.15, 0.2) is 39.8 Å². The van der Waals surface area contributed by atoms with Crippen molar-refractivity contribution in [2.24, 2.45) is 0 Å². The number of hydrogen-bond acceptors (Lipinski definition) is 6. The van der Waals surface area contributed by atoms with E-state index in [4.69, 9.17) is 4.52 Å². The van der Waals surface area contributed by atoms with Gasteiger partial charge in [-0.15, -0.1) is 0 Å². The first kappa shape index (κ1) is 22.0. The summed E-state index contributed by atoms with van der Waals surface area (Å²) in [7, 11) is -2.17. The highest BCUT2D eigenvalue weighted by atomic mass is 32.2. The van der Waals surface area contributed by atoms with E-state index in [1.807, 2.05) is 6.07 Å². The first-order chi connectivity index (χ1) is 14.2. The van der Waals surface area contributed by atoms with E-state index in [1.54, 1.807) is 50.1 Å².